The minimum absolute atomic E-state index is 0.223. The minimum Gasteiger partial charge on any atom is -0.390 e. The van der Waals surface area contributed by atoms with Crippen molar-refractivity contribution in [2.45, 2.75) is 6.10 Å². The molecule has 1 aliphatic heterocycles. The molecular formula is C4H8O2S. The Morgan fingerprint density at radius 3 is 2.86 bits per heavy atom. The highest BCUT2D eigenvalue weighted by atomic mass is 32.2. The number of rotatable bonds is 0. The SMILES string of the molecule is OC1COCSC1. The van der Waals surface area contributed by atoms with Crippen LogP contribution >= 0.6 is 11.8 Å². The molecule has 0 aromatic heterocycles. The first kappa shape index (κ1) is 5.41. The molecule has 1 N–H and O–H groups in total. The number of thioether (sulfide) groups is 1. The van der Waals surface area contributed by atoms with Gasteiger partial charge in [-0.15, -0.1) is 11.8 Å². The van der Waals surface area contributed by atoms with Gasteiger partial charge >= 0.3 is 0 Å². The summed E-state index contributed by atoms with van der Waals surface area (Å²) < 4.78 is 4.89. The quantitative estimate of drug-likeness (QED) is 0.490. The molecule has 2 nitrogen and oxygen atoms in total. The van der Waals surface area contributed by atoms with E-state index in [2.05, 4.69) is 0 Å². The van der Waals surface area contributed by atoms with Crippen LogP contribution in [-0.2, 0) is 4.74 Å². The van der Waals surface area contributed by atoms with Crippen molar-refractivity contribution in [3.8, 4) is 0 Å². The van der Waals surface area contributed by atoms with Crippen LogP contribution in [0.3, 0.4) is 0 Å². The first-order valence-corrected chi connectivity index (χ1v) is 3.38. The molecule has 1 rings (SSSR count). The summed E-state index contributed by atoms with van der Waals surface area (Å²) in [4.78, 5) is 0. The predicted molar refractivity (Wildman–Crippen MR) is 29.3 cm³/mol. The fourth-order valence-electron chi connectivity index (χ4n) is 0.475. The molecule has 0 saturated carbocycles. The molecule has 1 unspecified atom stereocenters. The largest absolute Gasteiger partial charge is 0.390 e. The number of hydrogen-bond acceptors (Lipinski definition) is 3. The molecule has 0 bridgehead atoms. The van der Waals surface area contributed by atoms with Gasteiger partial charge in [0.15, 0.2) is 0 Å². The molecule has 0 aromatic carbocycles. The van der Waals surface area contributed by atoms with Crippen molar-refractivity contribution in [2.75, 3.05) is 18.3 Å². The van der Waals surface area contributed by atoms with Crippen LogP contribution in [0.1, 0.15) is 0 Å². The zero-order valence-electron chi connectivity index (χ0n) is 3.96. The van der Waals surface area contributed by atoms with E-state index in [1.54, 1.807) is 11.8 Å². The van der Waals surface area contributed by atoms with E-state index in [0.29, 0.717) is 6.61 Å². The van der Waals surface area contributed by atoms with Crippen LogP contribution in [0, 0.1) is 0 Å². The average molecular weight is 120 g/mol. The zero-order valence-corrected chi connectivity index (χ0v) is 4.78. The van der Waals surface area contributed by atoms with Crippen LogP contribution in [0.4, 0.5) is 0 Å². The molecule has 42 valence electrons. The van der Waals surface area contributed by atoms with Gasteiger partial charge in [0.25, 0.3) is 0 Å². The van der Waals surface area contributed by atoms with E-state index in [4.69, 9.17) is 9.84 Å². The molecule has 3 heteroatoms. The summed E-state index contributed by atoms with van der Waals surface area (Å²) in [6, 6.07) is 0. The lowest BCUT2D eigenvalue weighted by Crippen LogP contribution is -2.22. The van der Waals surface area contributed by atoms with Crippen molar-refractivity contribution in [3.63, 3.8) is 0 Å². The van der Waals surface area contributed by atoms with Crippen LogP contribution in [0.15, 0.2) is 0 Å². The monoisotopic (exact) mass is 120 g/mol. The first-order valence-electron chi connectivity index (χ1n) is 2.23. The Bertz CT molecular complexity index is 51.7. The van der Waals surface area contributed by atoms with E-state index >= 15 is 0 Å². The third-order valence-electron chi connectivity index (χ3n) is 0.787. The van der Waals surface area contributed by atoms with Gasteiger partial charge < -0.3 is 9.84 Å². The fraction of sp³-hybridized carbons (Fsp3) is 1.00. The number of aliphatic hydroxyl groups excluding tert-OH is 1. The van der Waals surface area contributed by atoms with Gasteiger partial charge in [0, 0.05) is 5.75 Å². The molecule has 1 heterocycles. The summed E-state index contributed by atoms with van der Waals surface area (Å²) in [5.41, 5.74) is 0. The van der Waals surface area contributed by atoms with Crippen LogP contribution in [0.5, 0.6) is 0 Å². The molecule has 0 radical (unpaired) electrons. The molecule has 0 spiro atoms. The molecule has 7 heavy (non-hydrogen) atoms. The Hall–Kier alpha value is 0.270. The molecule has 1 fully saturated rings. The molecule has 1 atom stereocenters. The molecule has 1 aliphatic rings. The maximum Gasteiger partial charge on any atom is 0.0923 e. The van der Waals surface area contributed by atoms with Gasteiger partial charge in [-0.2, -0.15) is 0 Å². The highest BCUT2D eigenvalue weighted by molar-refractivity contribution is 7.99. The van der Waals surface area contributed by atoms with Crippen LogP contribution < -0.4 is 0 Å². The van der Waals surface area contributed by atoms with Gasteiger partial charge in [-0.1, -0.05) is 0 Å². The summed E-state index contributed by atoms with van der Waals surface area (Å²) in [5.74, 6) is 1.58. The van der Waals surface area contributed by atoms with E-state index in [1.807, 2.05) is 0 Å². The Labute approximate surface area is 46.9 Å². The van der Waals surface area contributed by atoms with E-state index in [-0.39, 0.29) is 6.10 Å². The van der Waals surface area contributed by atoms with Gasteiger partial charge in [0.2, 0.25) is 0 Å². The first-order chi connectivity index (χ1) is 3.39. The van der Waals surface area contributed by atoms with Gasteiger partial charge in [0.1, 0.15) is 0 Å². The minimum atomic E-state index is -0.223. The lowest BCUT2D eigenvalue weighted by Gasteiger charge is -2.15. The van der Waals surface area contributed by atoms with Crippen molar-refractivity contribution in [2.24, 2.45) is 0 Å². The Balaban J connectivity index is 2.12. The predicted octanol–water partition coefficient (Wildman–Crippen LogP) is 0.0682. The van der Waals surface area contributed by atoms with Gasteiger partial charge in [-0.3, -0.25) is 0 Å². The van der Waals surface area contributed by atoms with Crippen molar-refractivity contribution < 1.29 is 9.84 Å². The van der Waals surface area contributed by atoms with Crippen LogP contribution in [0.2, 0.25) is 0 Å². The summed E-state index contributed by atoms with van der Waals surface area (Å²) in [6.07, 6.45) is -0.223. The van der Waals surface area contributed by atoms with Gasteiger partial charge in [0.05, 0.1) is 18.6 Å². The van der Waals surface area contributed by atoms with E-state index in [0.717, 1.165) is 11.7 Å². The van der Waals surface area contributed by atoms with E-state index < -0.39 is 0 Å². The molecule has 0 amide bonds. The maximum absolute atomic E-state index is 8.76. The van der Waals surface area contributed by atoms with Crippen molar-refractivity contribution in [1.29, 1.82) is 0 Å². The number of aliphatic hydroxyl groups is 1. The second-order valence-electron chi connectivity index (χ2n) is 1.51. The number of ether oxygens (including phenoxy) is 1. The van der Waals surface area contributed by atoms with Crippen LogP contribution in [-0.4, -0.2) is 29.5 Å². The summed E-state index contributed by atoms with van der Waals surface area (Å²) in [5, 5.41) is 8.76. The van der Waals surface area contributed by atoms with Crippen molar-refractivity contribution >= 4 is 11.8 Å². The standard InChI is InChI=1S/C4H8O2S/c5-4-1-6-3-7-2-4/h4-5H,1-3H2. The Morgan fingerprint density at radius 2 is 2.57 bits per heavy atom. The second kappa shape index (κ2) is 2.55. The van der Waals surface area contributed by atoms with Gasteiger partial charge in [-0.25, -0.2) is 0 Å². The molecule has 0 aromatic rings. The summed E-state index contributed by atoms with van der Waals surface area (Å²) in [6.45, 7) is 0.521. The fourth-order valence-corrected chi connectivity index (χ4v) is 1.15. The lowest BCUT2D eigenvalue weighted by molar-refractivity contribution is 0.0627. The normalized spacial score (nSPS) is 33.0. The highest BCUT2D eigenvalue weighted by Crippen LogP contribution is 2.09. The van der Waals surface area contributed by atoms with Crippen molar-refractivity contribution in [1.82, 2.24) is 0 Å². The number of hydrogen-bond donors (Lipinski definition) is 1. The lowest BCUT2D eigenvalue weighted by atomic mass is 10.4. The zero-order chi connectivity index (χ0) is 5.11. The molecular weight excluding hydrogens is 112 g/mol. The van der Waals surface area contributed by atoms with Crippen LogP contribution in [0.25, 0.3) is 0 Å². The Kier molecular flexibility index (Phi) is 1.97. The van der Waals surface area contributed by atoms with E-state index in [9.17, 15) is 0 Å². The third-order valence-corrected chi connectivity index (χ3v) is 1.74. The summed E-state index contributed by atoms with van der Waals surface area (Å²) in [7, 11) is 0. The van der Waals surface area contributed by atoms with Gasteiger partial charge in [-0.05, 0) is 0 Å². The van der Waals surface area contributed by atoms with Crippen molar-refractivity contribution in [3.05, 3.63) is 0 Å². The third kappa shape index (κ3) is 1.67. The Morgan fingerprint density at radius 1 is 1.71 bits per heavy atom. The average Bonchev–Trinajstić information content (AvgIpc) is 1.69. The van der Waals surface area contributed by atoms with E-state index in [1.165, 1.54) is 0 Å². The summed E-state index contributed by atoms with van der Waals surface area (Å²) >= 11 is 1.63. The molecule has 0 aliphatic carbocycles. The topological polar surface area (TPSA) is 29.5 Å². The highest BCUT2D eigenvalue weighted by Gasteiger charge is 2.08. The second-order valence-corrected chi connectivity index (χ2v) is 2.49. The smallest absolute Gasteiger partial charge is 0.0923 e. The molecule has 1 saturated heterocycles. The maximum atomic E-state index is 8.76.